The molecule has 0 aliphatic carbocycles. The van der Waals surface area contributed by atoms with Crippen LogP contribution in [0.2, 0.25) is 0 Å². The monoisotopic (exact) mass is 329 g/mol. The third kappa shape index (κ3) is 2.78. The van der Waals surface area contributed by atoms with Gasteiger partial charge in [-0.1, -0.05) is 29.5 Å². The average molecular weight is 329 g/mol. The zero-order valence-electron chi connectivity index (χ0n) is 14.5. The van der Waals surface area contributed by atoms with Crippen LogP contribution >= 0.6 is 0 Å². The van der Waals surface area contributed by atoms with E-state index in [9.17, 15) is 0 Å². The number of nitrogens with zero attached hydrogens (tertiary/aromatic N) is 5. The van der Waals surface area contributed by atoms with Gasteiger partial charge >= 0.3 is 0 Å². The van der Waals surface area contributed by atoms with Gasteiger partial charge in [0.05, 0.1) is 23.4 Å². The molecule has 0 fully saturated rings. The molecule has 5 nitrogen and oxygen atoms in total. The number of pyridine rings is 2. The van der Waals surface area contributed by atoms with Gasteiger partial charge in [0, 0.05) is 22.8 Å². The van der Waals surface area contributed by atoms with E-state index in [1.54, 1.807) is 0 Å². The highest BCUT2D eigenvalue weighted by Gasteiger charge is 2.14. The number of aromatic nitrogens is 5. The molecule has 5 heteroatoms. The molecule has 0 bridgehead atoms. The van der Waals surface area contributed by atoms with Crippen molar-refractivity contribution < 1.29 is 0 Å². The van der Waals surface area contributed by atoms with Gasteiger partial charge in [0.1, 0.15) is 5.69 Å². The summed E-state index contributed by atoms with van der Waals surface area (Å²) in [6, 6.07) is 14.3. The summed E-state index contributed by atoms with van der Waals surface area (Å²) >= 11 is 0. The van der Waals surface area contributed by atoms with Crippen LogP contribution in [-0.2, 0) is 0 Å². The Labute approximate surface area is 146 Å². The zero-order valence-corrected chi connectivity index (χ0v) is 14.5. The van der Waals surface area contributed by atoms with Crippen molar-refractivity contribution in [3.8, 4) is 11.3 Å². The molecule has 0 amide bonds. The minimum Gasteiger partial charge on any atom is -0.256 e. The molecule has 0 saturated heterocycles. The number of benzene rings is 1. The maximum Gasteiger partial charge on any atom is 0.113 e. The van der Waals surface area contributed by atoms with Crippen molar-refractivity contribution in [2.75, 3.05) is 0 Å². The van der Waals surface area contributed by atoms with Gasteiger partial charge in [0.15, 0.2) is 0 Å². The number of aryl methyl sites for hydroxylation is 2. The predicted octanol–water partition coefficient (Wildman–Crippen LogP) is 4.11. The molecule has 4 aromatic rings. The van der Waals surface area contributed by atoms with Gasteiger partial charge in [0.2, 0.25) is 0 Å². The SMILES string of the molecule is Cc1cccc([C@H](C)n2cc(-c3ccc(C)c4ncccc34)nn2)n1. The Morgan fingerprint density at radius 3 is 2.72 bits per heavy atom. The molecule has 124 valence electrons. The molecule has 0 aliphatic rings. The fourth-order valence-electron chi connectivity index (χ4n) is 3.06. The van der Waals surface area contributed by atoms with Crippen molar-refractivity contribution >= 4 is 10.9 Å². The van der Waals surface area contributed by atoms with Crippen LogP contribution in [0.15, 0.2) is 54.9 Å². The van der Waals surface area contributed by atoms with E-state index in [2.05, 4.69) is 52.3 Å². The lowest BCUT2D eigenvalue weighted by Gasteiger charge is -2.11. The average Bonchev–Trinajstić information content (AvgIpc) is 3.11. The van der Waals surface area contributed by atoms with Gasteiger partial charge in [-0.25, -0.2) is 4.68 Å². The van der Waals surface area contributed by atoms with E-state index in [1.807, 2.05) is 48.3 Å². The second-order valence-electron chi connectivity index (χ2n) is 6.29. The molecule has 0 spiro atoms. The third-order valence-corrected chi connectivity index (χ3v) is 4.49. The molecule has 1 atom stereocenters. The van der Waals surface area contributed by atoms with E-state index in [4.69, 9.17) is 0 Å². The smallest absolute Gasteiger partial charge is 0.113 e. The van der Waals surface area contributed by atoms with Gasteiger partial charge in [-0.2, -0.15) is 0 Å². The van der Waals surface area contributed by atoms with Crippen LogP contribution < -0.4 is 0 Å². The van der Waals surface area contributed by atoms with E-state index >= 15 is 0 Å². The van der Waals surface area contributed by atoms with Crippen LogP contribution in [0.4, 0.5) is 0 Å². The number of rotatable bonds is 3. The van der Waals surface area contributed by atoms with Crippen molar-refractivity contribution in [1.82, 2.24) is 25.0 Å². The largest absolute Gasteiger partial charge is 0.256 e. The topological polar surface area (TPSA) is 56.5 Å². The van der Waals surface area contributed by atoms with Crippen molar-refractivity contribution in [1.29, 1.82) is 0 Å². The summed E-state index contributed by atoms with van der Waals surface area (Å²) in [7, 11) is 0. The molecule has 25 heavy (non-hydrogen) atoms. The first kappa shape index (κ1) is 15.4. The highest BCUT2D eigenvalue weighted by molar-refractivity contribution is 5.95. The number of fused-ring (bicyclic) bond motifs is 1. The summed E-state index contributed by atoms with van der Waals surface area (Å²) in [6.07, 6.45) is 3.80. The van der Waals surface area contributed by atoms with Crippen molar-refractivity contribution in [2.45, 2.75) is 26.8 Å². The van der Waals surface area contributed by atoms with Crippen molar-refractivity contribution in [3.05, 3.63) is 71.8 Å². The second kappa shape index (κ2) is 6.09. The molecule has 0 unspecified atom stereocenters. The van der Waals surface area contributed by atoms with Crippen LogP contribution in [0, 0.1) is 13.8 Å². The lowest BCUT2D eigenvalue weighted by atomic mass is 10.0. The normalized spacial score (nSPS) is 12.4. The van der Waals surface area contributed by atoms with Crippen LogP contribution in [-0.4, -0.2) is 25.0 Å². The summed E-state index contributed by atoms with van der Waals surface area (Å²) < 4.78 is 1.86. The van der Waals surface area contributed by atoms with E-state index < -0.39 is 0 Å². The van der Waals surface area contributed by atoms with E-state index in [1.165, 1.54) is 0 Å². The fourth-order valence-corrected chi connectivity index (χ4v) is 3.06. The van der Waals surface area contributed by atoms with Gasteiger partial charge in [-0.15, -0.1) is 5.10 Å². The summed E-state index contributed by atoms with van der Waals surface area (Å²) in [5, 5.41) is 9.82. The Bertz CT molecular complexity index is 1050. The third-order valence-electron chi connectivity index (χ3n) is 4.49. The molecule has 3 aromatic heterocycles. The fraction of sp³-hybridized carbons (Fsp3) is 0.200. The zero-order chi connectivity index (χ0) is 17.4. The van der Waals surface area contributed by atoms with E-state index in [0.717, 1.165) is 39.1 Å². The summed E-state index contributed by atoms with van der Waals surface area (Å²) in [5.41, 5.74) is 6.03. The quantitative estimate of drug-likeness (QED) is 0.567. The molecule has 1 aromatic carbocycles. The highest BCUT2D eigenvalue weighted by atomic mass is 15.4. The number of hydrogen-bond acceptors (Lipinski definition) is 4. The standard InChI is InChI=1S/C20H19N5/c1-13-9-10-16(17-7-5-11-21-20(13)17)19-12-25(24-23-19)15(3)18-8-4-6-14(2)22-18/h4-12,15H,1-3H3/t15-/m0/s1. The number of hydrogen-bond donors (Lipinski definition) is 0. The second-order valence-corrected chi connectivity index (χ2v) is 6.29. The lowest BCUT2D eigenvalue weighted by Crippen LogP contribution is -2.09. The van der Waals surface area contributed by atoms with Crippen molar-refractivity contribution in [3.63, 3.8) is 0 Å². The highest BCUT2D eigenvalue weighted by Crippen LogP contribution is 2.28. The summed E-state index contributed by atoms with van der Waals surface area (Å²) in [6.45, 7) is 6.14. The van der Waals surface area contributed by atoms with Crippen LogP contribution in [0.3, 0.4) is 0 Å². The lowest BCUT2D eigenvalue weighted by molar-refractivity contribution is 0.531. The molecule has 3 heterocycles. The van der Waals surface area contributed by atoms with Gasteiger partial charge in [-0.3, -0.25) is 9.97 Å². The Morgan fingerprint density at radius 1 is 1.00 bits per heavy atom. The van der Waals surface area contributed by atoms with Gasteiger partial charge in [-0.05, 0) is 44.5 Å². The van der Waals surface area contributed by atoms with Gasteiger partial charge in [0.25, 0.3) is 0 Å². The minimum absolute atomic E-state index is 0.0241. The Hall–Kier alpha value is -3.08. The summed E-state index contributed by atoms with van der Waals surface area (Å²) in [4.78, 5) is 9.10. The molecule has 4 rings (SSSR count). The molecule has 0 aliphatic heterocycles. The van der Waals surface area contributed by atoms with Gasteiger partial charge < -0.3 is 0 Å². The maximum atomic E-state index is 4.59. The Morgan fingerprint density at radius 2 is 1.88 bits per heavy atom. The first-order valence-electron chi connectivity index (χ1n) is 8.33. The van der Waals surface area contributed by atoms with E-state index in [-0.39, 0.29) is 6.04 Å². The van der Waals surface area contributed by atoms with Crippen LogP contribution in [0.1, 0.15) is 29.9 Å². The van der Waals surface area contributed by atoms with Crippen LogP contribution in [0.5, 0.6) is 0 Å². The molecular weight excluding hydrogens is 310 g/mol. The van der Waals surface area contributed by atoms with Crippen molar-refractivity contribution in [2.24, 2.45) is 0 Å². The van der Waals surface area contributed by atoms with E-state index in [0.29, 0.717) is 0 Å². The molecular formula is C20H19N5. The molecule has 0 saturated carbocycles. The first-order chi connectivity index (χ1) is 12.1. The summed E-state index contributed by atoms with van der Waals surface area (Å²) in [5.74, 6) is 0. The Kier molecular flexibility index (Phi) is 3.76. The minimum atomic E-state index is 0.0241. The maximum absolute atomic E-state index is 4.59. The van der Waals surface area contributed by atoms with Crippen LogP contribution in [0.25, 0.3) is 22.2 Å². The first-order valence-corrected chi connectivity index (χ1v) is 8.33. The molecule has 0 radical (unpaired) electrons. The molecule has 0 N–H and O–H groups in total. The predicted molar refractivity (Wildman–Crippen MR) is 98.3 cm³/mol. The Balaban J connectivity index is 1.76.